The third-order valence-electron chi connectivity index (χ3n) is 10.7. The summed E-state index contributed by atoms with van der Waals surface area (Å²) in [5.41, 5.74) is -0.649. The molecule has 2 N–H and O–H groups in total. The van der Waals surface area contributed by atoms with Crippen LogP contribution in [0.5, 0.6) is 0 Å². The number of allylic oxidation sites excluding steroid dienone is 1. The van der Waals surface area contributed by atoms with Crippen molar-refractivity contribution in [1.82, 2.24) is 15.1 Å². The van der Waals surface area contributed by atoms with E-state index in [0.717, 1.165) is 32.1 Å². The van der Waals surface area contributed by atoms with Gasteiger partial charge in [-0.2, -0.15) is 0 Å². The highest BCUT2D eigenvalue weighted by Crippen LogP contribution is 2.56. The van der Waals surface area contributed by atoms with E-state index in [9.17, 15) is 24.3 Å². The molecule has 2 saturated heterocycles. The first kappa shape index (κ1) is 32.4. The molecule has 6 rings (SSSR count). The van der Waals surface area contributed by atoms with Crippen molar-refractivity contribution in [2.24, 2.45) is 17.8 Å². The van der Waals surface area contributed by atoms with Crippen molar-refractivity contribution in [3.05, 3.63) is 60.2 Å². The maximum absolute atomic E-state index is 15.0. The maximum atomic E-state index is 15.0. The van der Waals surface area contributed by atoms with Gasteiger partial charge in [-0.25, -0.2) is 0 Å². The van der Waals surface area contributed by atoms with Crippen LogP contribution in [0.1, 0.15) is 77.4 Å². The van der Waals surface area contributed by atoms with E-state index in [1.165, 1.54) is 4.90 Å². The van der Waals surface area contributed by atoms with E-state index in [-0.39, 0.29) is 42.7 Å². The third kappa shape index (κ3) is 5.68. The zero-order valence-electron chi connectivity index (χ0n) is 27.0. The molecule has 5 bridgehead atoms. The lowest BCUT2D eigenvalue weighted by molar-refractivity contribution is -0.162. The highest BCUT2D eigenvalue weighted by molar-refractivity contribution is 5.99. The number of esters is 1. The minimum Gasteiger partial charge on any atom is -0.455 e. The van der Waals surface area contributed by atoms with Crippen LogP contribution in [0, 0.1) is 17.8 Å². The predicted octanol–water partition coefficient (Wildman–Crippen LogP) is 3.45. The molecule has 0 aromatic heterocycles. The summed E-state index contributed by atoms with van der Waals surface area (Å²) in [6.45, 7) is 5.65. The summed E-state index contributed by atoms with van der Waals surface area (Å²) in [6.07, 6.45) is 11.5. The molecule has 5 aliphatic rings. The number of benzene rings is 1. The number of carbonyl (C=O) groups is 4. The number of likely N-dealkylation sites (tertiary alicyclic amines) is 1. The normalized spacial score (nSPS) is 35.3. The molecule has 8 atom stereocenters. The number of ether oxygens (including phenoxy) is 2. The van der Waals surface area contributed by atoms with Crippen molar-refractivity contribution >= 4 is 23.7 Å². The Hall–Kier alpha value is -3.50. The Labute approximate surface area is 271 Å². The number of rotatable bonds is 5. The van der Waals surface area contributed by atoms with Gasteiger partial charge in [-0.05, 0) is 37.7 Å². The highest BCUT2D eigenvalue weighted by atomic mass is 16.6. The number of cyclic esters (lactones) is 1. The van der Waals surface area contributed by atoms with Gasteiger partial charge in [0.25, 0.3) is 0 Å². The molecule has 10 heteroatoms. The van der Waals surface area contributed by atoms with E-state index in [4.69, 9.17) is 9.47 Å². The van der Waals surface area contributed by atoms with Crippen LogP contribution >= 0.6 is 0 Å². The second kappa shape index (κ2) is 13.3. The smallest absolute Gasteiger partial charge is 0.313 e. The zero-order chi connectivity index (χ0) is 32.6. The number of hydrogen-bond donors (Lipinski definition) is 2. The number of nitrogens with one attached hydrogen (secondary N) is 1. The molecule has 1 spiro atoms. The Morgan fingerprint density at radius 2 is 1.76 bits per heavy atom. The molecule has 10 nitrogen and oxygen atoms in total. The van der Waals surface area contributed by atoms with Crippen LogP contribution < -0.4 is 5.32 Å². The number of aliphatic hydroxyl groups excluding tert-OH is 1. The average molecular weight is 634 g/mol. The van der Waals surface area contributed by atoms with Gasteiger partial charge in [-0.15, -0.1) is 0 Å². The first-order valence-corrected chi connectivity index (χ1v) is 17.0. The number of carbonyl (C=O) groups excluding carboxylic acids is 4. The molecule has 1 aromatic rings. The first-order chi connectivity index (χ1) is 22.2. The van der Waals surface area contributed by atoms with Crippen LogP contribution in [0.15, 0.2) is 54.6 Å². The standard InChI is InChI=1S/C36H47N3O7/c1-22(2)26(21-40)39-32-34(43)38(25-15-9-5-10-16-25)20-12-6-11-17-28(41)37-23(3)31(24-13-7-4-8-14-24)45-35(44)29-27-18-19-36(32,46-27)30(29)33(39)42/h4,6-8,12-14,18-19,22-23,25-27,29-32,40H,5,9-11,15-17,20-21H2,1-3H3,(H,37,41)/b12-6-/t23-,26+,27+,29-,30-,31+,32+,36-/m1/s1. The summed E-state index contributed by atoms with van der Waals surface area (Å²) in [7, 11) is 0. The SMILES string of the molecule is CC(C)[C@H](CO)N1C(=O)[C@H]2[C@@H]3C(=O)O[C@H](c4ccccc4)[C@@H](C)NC(=O)CC/C=C\CN(C4CCCCC4)C(=O)[C@H]1[C@@]21C=C[C@@H]3O1. The van der Waals surface area contributed by atoms with E-state index in [2.05, 4.69) is 5.32 Å². The van der Waals surface area contributed by atoms with Gasteiger partial charge in [0.1, 0.15) is 23.7 Å². The van der Waals surface area contributed by atoms with Crippen LogP contribution in [0.4, 0.5) is 0 Å². The van der Waals surface area contributed by atoms with E-state index >= 15 is 0 Å². The van der Waals surface area contributed by atoms with Crippen molar-refractivity contribution in [1.29, 1.82) is 0 Å². The number of hydrogen-bond acceptors (Lipinski definition) is 7. The minimum atomic E-state index is -1.36. The fourth-order valence-corrected chi connectivity index (χ4v) is 8.33. The summed E-state index contributed by atoms with van der Waals surface area (Å²) in [5.74, 6) is -3.52. The van der Waals surface area contributed by atoms with Gasteiger partial charge in [0.15, 0.2) is 0 Å². The van der Waals surface area contributed by atoms with Gasteiger partial charge < -0.3 is 29.7 Å². The Bertz CT molecular complexity index is 1370. The lowest BCUT2D eigenvalue weighted by atomic mass is 9.74. The Morgan fingerprint density at radius 3 is 2.46 bits per heavy atom. The summed E-state index contributed by atoms with van der Waals surface area (Å²) >= 11 is 0. The van der Waals surface area contributed by atoms with Gasteiger partial charge in [-0.1, -0.05) is 87.7 Å². The summed E-state index contributed by atoms with van der Waals surface area (Å²) in [4.78, 5) is 60.2. The number of aliphatic hydroxyl groups is 1. The number of amides is 3. The molecule has 0 radical (unpaired) electrons. The third-order valence-corrected chi connectivity index (χ3v) is 10.7. The van der Waals surface area contributed by atoms with Crippen molar-refractivity contribution in [2.75, 3.05) is 13.2 Å². The van der Waals surface area contributed by atoms with Crippen molar-refractivity contribution in [3.8, 4) is 0 Å². The first-order valence-electron chi connectivity index (χ1n) is 17.0. The van der Waals surface area contributed by atoms with Gasteiger partial charge in [0.05, 0.1) is 30.7 Å². The number of fused-ring (bicyclic) bond motifs is 2. The molecule has 0 unspecified atom stereocenters. The van der Waals surface area contributed by atoms with Crippen molar-refractivity contribution < 1.29 is 33.8 Å². The van der Waals surface area contributed by atoms with Crippen LogP contribution in [0.2, 0.25) is 0 Å². The summed E-state index contributed by atoms with van der Waals surface area (Å²) in [5, 5.41) is 13.6. The second-order valence-corrected chi connectivity index (χ2v) is 13.9. The molecule has 3 amide bonds. The van der Waals surface area contributed by atoms with E-state index in [1.54, 1.807) is 13.0 Å². The Morgan fingerprint density at radius 1 is 1.02 bits per heavy atom. The van der Waals surface area contributed by atoms with Crippen molar-refractivity contribution in [2.45, 2.75) is 108 Å². The molecule has 3 fully saturated rings. The molecule has 1 aliphatic carbocycles. The van der Waals surface area contributed by atoms with Crippen LogP contribution in [0.25, 0.3) is 0 Å². The molecule has 4 heterocycles. The van der Waals surface area contributed by atoms with Gasteiger partial charge in [0.2, 0.25) is 17.7 Å². The molecular formula is C36H47N3O7. The lowest BCUT2D eigenvalue weighted by Crippen LogP contribution is -2.61. The maximum Gasteiger partial charge on any atom is 0.313 e. The van der Waals surface area contributed by atoms with Gasteiger partial charge in [-0.3, -0.25) is 19.2 Å². The monoisotopic (exact) mass is 633 g/mol. The quantitative estimate of drug-likeness (QED) is 0.376. The minimum absolute atomic E-state index is 0.00821. The second-order valence-electron chi connectivity index (χ2n) is 13.9. The van der Waals surface area contributed by atoms with E-state index in [1.807, 2.05) is 67.3 Å². The fourth-order valence-electron chi connectivity index (χ4n) is 8.33. The Kier molecular flexibility index (Phi) is 9.39. The van der Waals surface area contributed by atoms with Gasteiger partial charge >= 0.3 is 5.97 Å². The van der Waals surface area contributed by atoms with Crippen LogP contribution in [0.3, 0.4) is 0 Å². The summed E-state index contributed by atoms with van der Waals surface area (Å²) in [6, 6.07) is 7.00. The molecule has 248 valence electrons. The largest absolute Gasteiger partial charge is 0.455 e. The molecule has 46 heavy (non-hydrogen) atoms. The van der Waals surface area contributed by atoms with E-state index in [0.29, 0.717) is 18.5 Å². The van der Waals surface area contributed by atoms with Crippen molar-refractivity contribution in [3.63, 3.8) is 0 Å². The summed E-state index contributed by atoms with van der Waals surface area (Å²) < 4.78 is 12.8. The predicted molar refractivity (Wildman–Crippen MR) is 170 cm³/mol. The highest BCUT2D eigenvalue weighted by Gasteiger charge is 2.74. The molecule has 4 aliphatic heterocycles. The Balaban J connectivity index is 1.45. The average Bonchev–Trinajstić information content (AvgIpc) is 3.69. The molecular weight excluding hydrogens is 586 g/mol. The molecule has 1 aromatic carbocycles. The van der Waals surface area contributed by atoms with Crippen LogP contribution in [-0.2, 0) is 28.7 Å². The lowest BCUT2D eigenvalue weighted by Gasteiger charge is -2.42. The number of nitrogens with zero attached hydrogens (tertiary/aromatic N) is 2. The van der Waals surface area contributed by atoms with Crippen LogP contribution in [-0.4, -0.2) is 87.6 Å². The van der Waals surface area contributed by atoms with E-state index < -0.39 is 53.7 Å². The van der Waals surface area contributed by atoms with Gasteiger partial charge in [0, 0.05) is 19.0 Å². The zero-order valence-corrected chi connectivity index (χ0v) is 27.0. The fraction of sp³-hybridized carbons (Fsp3) is 0.611. The topological polar surface area (TPSA) is 125 Å². The molecule has 1 saturated carbocycles.